The summed E-state index contributed by atoms with van der Waals surface area (Å²) in [6.07, 6.45) is 0. The molecule has 29 heavy (non-hydrogen) atoms. The van der Waals surface area contributed by atoms with Gasteiger partial charge in [-0.15, -0.1) is 0 Å². The largest absolute Gasteiger partial charge is 0.502 e. The fraction of sp³-hybridized carbons (Fsp3) is 0.409. The van der Waals surface area contributed by atoms with Crippen LogP contribution < -0.4 is 20.1 Å². The molecule has 7 heteroatoms. The van der Waals surface area contributed by atoms with E-state index >= 15 is 0 Å². The van der Waals surface area contributed by atoms with Gasteiger partial charge in [0, 0.05) is 18.5 Å². The molecule has 6 nitrogen and oxygen atoms in total. The van der Waals surface area contributed by atoms with Crippen molar-refractivity contribution >= 4 is 5.96 Å². The van der Waals surface area contributed by atoms with E-state index in [2.05, 4.69) is 15.6 Å². The lowest BCUT2D eigenvalue weighted by atomic mass is 9.84. The summed E-state index contributed by atoms with van der Waals surface area (Å²) < 4.78 is 24.0. The van der Waals surface area contributed by atoms with Gasteiger partial charge >= 0.3 is 0 Å². The number of phenols is 1. The van der Waals surface area contributed by atoms with Gasteiger partial charge in [-0.2, -0.15) is 0 Å². The van der Waals surface area contributed by atoms with Gasteiger partial charge in [-0.3, -0.25) is 0 Å². The van der Waals surface area contributed by atoms with Gasteiger partial charge in [-0.25, -0.2) is 9.38 Å². The predicted molar refractivity (Wildman–Crippen MR) is 113 cm³/mol. The zero-order valence-corrected chi connectivity index (χ0v) is 17.7. The van der Waals surface area contributed by atoms with Crippen LogP contribution in [0, 0.1) is 5.82 Å². The number of methoxy groups -OCH3 is 2. The number of nitrogens with one attached hydrogen (secondary N) is 2. The highest BCUT2D eigenvalue weighted by Gasteiger charge is 2.21. The molecule has 0 amide bonds. The van der Waals surface area contributed by atoms with Crippen molar-refractivity contribution in [3.05, 3.63) is 53.3 Å². The molecule has 0 aromatic heterocycles. The summed E-state index contributed by atoms with van der Waals surface area (Å²) in [6.45, 7) is 7.73. The topological polar surface area (TPSA) is 75.1 Å². The second-order valence-electron chi connectivity index (χ2n) is 7.29. The number of hydrogen-bond donors (Lipinski definition) is 3. The third kappa shape index (κ3) is 6.01. The molecule has 3 N–H and O–H groups in total. The Balaban J connectivity index is 2.14. The standard InChI is InChI=1S/C22H30FN3O3/c1-6-24-21(26-14-22(2,3)16-8-7-9-17(23)12-16)25-13-15-10-18(28-4)20(27)19(11-15)29-5/h7-12,27H,6,13-14H2,1-5H3,(H2,24,25,26). The molecule has 0 unspecified atom stereocenters. The van der Waals surface area contributed by atoms with Gasteiger partial charge in [-0.05, 0) is 42.3 Å². The molecule has 0 heterocycles. The van der Waals surface area contributed by atoms with Crippen LogP contribution in [0.25, 0.3) is 0 Å². The van der Waals surface area contributed by atoms with Crippen LogP contribution >= 0.6 is 0 Å². The first-order valence-corrected chi connectivity index (χ1v) is 9.52. The molecule has 0 fully saturated rings. The second-order valence-corrected chi connectivity index (χ2v) is 7.29. The van der Waals surface area contributed by atoms with Crippen LogP contribution in [0.5, 0.6) is 17.2 Å². The van der Waals surface area contributed by atoms with Gasteiger partial charge in [0.25, 0.3) is 0 Å². The number of halogens is 1. The van der Waals surface area contributed by atoms with Crippen LogP contribution in [0.1, 0.15) is 31.9 Å². The summed E-state index contributed by atoms with van der Waals surface area (Å²) in [5.74, 6) is 1.03. The molecule has 0 aliphatic carbocycles. The maximum Gasteiger partial charge on any atom is 0.200 e. The van der Waals surface area contributed by atoms with Crippen molar-refractivity contribution < 1.29 is 19.0 Å². The minimum atomic E-state index is -0.288. The number of ether oxygens (including phenoxy) is 2. The van der Waals surface area contributed by atoms with Crippen molar-refractivity contribution in [2.24, 2.45) is 4.99 Å². The van der Waals surface area contributed by atoms with E-state index in [1.807, 2.05) is 26.8 Å². The molecule has 158 valence electrons. The summed E-state index contributed by atoms with van der Waals surface area (Å²) in [4.78, 5) is 4.61. The molecule has 0 aliphatic heterocycles. The Hall–Kier alpha value is -2.96. The molecular formula is C22H30FN3O3. The van der Waals surface area contributed by atoms with E-state index in [0.717, 1.165) is 11.1 Å². The van der Waals surface area contributed by atoms with E-state index in [4.69, 9.17) is 9.47 Å². The minimum Gasteiger partial charge on any atom is -0.502 e. The van der Waals surface area contributed by atoms with Crippen LogP contribution in [0.2, 0.25) is 0 Å². The summed E-state index contributed by atoms with van der Waals surface area (Å²) in [7, 11) is 2.98. The van der Waals surface area contributed by atoms with Crippen molar-refractivity contribution in [2.45, 2.75) is 32.7 Å². The van der Waals surface area contributed by atoms with E-state index in [1.54, 1.807) is 24.3 Å². The smallest absolute Gasteiger partial charge is 0.200 e. The molecule has 2 aromatic rings. The molecule has 2 rings (SSSR count). The maximum atomic E-state index is 13.6. The lowest BCUT2D eigenvalue weighted by molar-refractivity contribution is 0.339. The number of nitrogens with zero attached hydrogens (tertiary/aromatic N) is 1. The Bertz CT molecular complexity index is 828. The van der Waals surface area contributed by atoms with E-state index in [1.165, 1.54) is 20.3 Å². The summed E-state index contributed by atoms with van der Waals surface area (Å²) in [5, 5.41) is 16.6. The first-order chi connectivity index (χ1) is 13.8. The summed E-state index contributed by atoms with van der Waals surface area (Å²) in [5.41, 5.74) is 1.45. The third-order valence-electron chi connectivity index (χ3n) is 4.61. The highest BCUT2D eigenvalue weighted by molar-refractivity contribution is 5.79. The van der Waals surface area contributed by atoms with Crippen LogP contribution in [-0.2, 0) is 12.0 Å². The number of rotatable bonds is 8. The summed E-state index contributed by atoms with van der Waals surface area (Å²) >= 11 is 0. The van der Waals surface area contributed by atoms with Crippen molar-refractivity contribution in [3.8, 4) is 17.2 Å². The highest BCUT2D eigenvalue weighted by Crippen LogP contribution is 2.37. The van der Waals surface area contributed by atoms with Gasteiger partial charge < -0.3 is 25.2 Å². The number of benzene rings is 2. The van der Waals surface area contributed by atoms with E-state index in [9.17, 15) is 9.50 Å². The Morgan fingerprint density at radius 2 is 1.76 bits per heavy atom. The highest BCUT2D eigenvalue weighted by atomic mass is 19.1. The monoisotopic (exact) mass is 403 g/mol. The average molecular weight is 403 g/mol. The Morgan fingerprint density at radius 1 is 1.10 bits per heavy atom. The van der Waals surface area contributed by atoms with Gasteiger partial charge in [0.1, 0.15) is 5.82 Å². The number of phenolic OH excluding ortho intramolecular Hbond substituents is 1. The van der Waals surface area contributed by atoms with Crippen molar-refractivity contribution in [1.82, 2.24) is 10.6 Å². The first kappa shape index (κ1) is 22.3. The molecule has 0 aliphatic rings. The summed E-state index contributed by atoms with van der Waals surface area (Å²) in [6, 6.07) is 10.1. The number of hydrogen-bond acceptors (Lipinski definition) is 4. The van der Waals surface area contributed by atoms with Crippen LogP contribution in [0.4, 0.5) is 4.39 Å². The minimum absolute atomic E-state index is 0.0374. The molecule has 0 radical (unpaired) electrons. The number of guanidine groups is 1. The van der Waals surface area contributed by atoms with Gasteiger partial charge in [0.2, 0.25) is 5.75 Å². The lowest BCUT2D eigenvalue weighted by Gasteiger charge is -2.27. The van der Waals surface area contributed by atoms with Crippen LogP contribution in [0.15, 0.2) is 41.4 Å². The number of aromatic hydroxyl groups is 1. The van der Waals surface area contributed by atoms with Crippen molar-refractivity contribution in [3.63, 3.8) is 0 Å². The molecule has 0 spiro atoms. The molecule has 0 bridgehead atoms. The quantitative estimate of drug-likeness (QED) is 0.464. The molecule has 0 saturated heterocycles. The first-order valence-electron chi connectivity index (χ1n) is 9.52. The van der Waals surface area contributed by atoms with E-state index < -0.39 is 0 Å². The van der Waals surface area contributed by atoms with E-state index in [-0.39, 0.29) is 17.0 Å². The van der Waals surface area contributed by atoms with Gasteiger partial charge in [-0.1, -0.05) is 26.0 Å². The number of aliphatic imine (C=N–C) groups is 1. The van der Waals surface area contributed by atoms with Crippen LogP contribution in [0.3, 0.4) is 0 Å². The fourth-order valence-electron chi connectivity index (χ4n) is 2.87. The Morgan fingerprint density at radius 3 is 2.31 bits per heavy atom. The lowest BCUT2D eigenvalue weighted by Crippen LogP contribution is -2.43. The zero-order valence-electron chi connectivity index (χ0n) is 17.7. The van der Waals surface area contributed by atoms with E-state index in [0.29, 0.717) is 37.1 Å². The SMILES string of the molecule is CCNC(=NCc1cc(OC)c(O)c(OC)c1)NCC(C)(C)c1cccc(F)c1. The maximum absolute atomic E-state index is 13.6. The molecule has 2 aromatic carbocycles. The van der Waals surface area contributed by atoms with Gasteiger partial charge in [0.15, 0.2) is 17.5 Å². The molecular weight excluding hydrogens is 373 g/mol. The van der Waals surface area contributed by atoms with Gasteiger partial charge in [0.05, 0.1) is 20.8 Å². The Kier molecular flexibility index (Phi) is 7.70. The second kappa shape index (κ2) is 10.0. The third-order valence-corrected chi connectivity index (χ3v) is 4.61. The van der Waals surface area contributed by atoms with Crippen molar-refractivity contribution in [1.29, 1.82) is 0 Å². The molecule has 0 saturated carbocycles. The average Bonchev–Trinajstić information content (AvgIpc) is 2.70. The zero-order chi connectivity index (χ0) is 21.4. The normalized spacial score (nSPS) is 11.9. The predicted octanol–water partition coefficient (Wildman–Crippen LogP) is 3.58. The fourth-order valence-corrected chi connectivity index (χ4v) is 2.87. The Labute approximate surface area is 171 Å². The van der Waals surface area contributed by atoms with Crippen LogP contribution in [-0.4, -0.2) is 38.4 Å². The molecule has 0 atom stereocenters. The van der Waals surface area contributed by atoms with Crippen molar-refractivity contribution in [2.75, 3.05) is 27.3 Å².